The molecule has 2 atom stereocenters. The maximum atomic E-state index is 12.6. The number of carboxylic acids is 1. The Morgan fingerprint density at radius 1 is 0.617 bits per heavy atom. The number of ether oxygens (including phenoxy) is 3. The Labute approximate surface area is 289 Å². The Bertz CT molecular complexity index is 793. The molecule has 0 aromatic heterocycles. The highest BCUT2D eigenvalue weighted by atomic mass is 16.6. The Balaban J connectivity index is 4.38. The molecule has 0 saturated heterocycles. The van der Waals surface area contributed by atoms with Crippen LogP contribution < -0.4 is 5.11 Å². The van der Waals surface area contributed by atoms with Crippen LogP contribution in [0.4, 0.5) is 0 Å². The third-order valence-corrected chi connectivity index (χ3v) is 8.65. The summed E-state index contributed by atoms with van der Waals surface area (Å²) in [6.45, 7) is 4.59. The molecule has 0 fully saturated rings. The van der Waals surface area contributed by atoms with Gasteiger partial charge < -0.3 is 28.6 Å². The van der Waals surface area contributed by atoms with Crippen LogP contribution in [0.1, 0.15) is 168 Å². The van der Waals surface area contributed by atoms with E-state index in [1.165, 1.54) is 96.3 Å². The van der Waals surface area contributed by atoms with Gasteiger partial charge in [-0.3, -0.25) is 9.59 Å². The first-order chi connectivity index (χ1) is 22.6. The molecule has 0 radical (unpaired) electrons. The number of allylic oxidation sites excluding steroid dienone is 2. The zero-order valence-corrected chi connectivity index (χ0v) is 31.2. The van der Waals surface area contributed by atoms with E-state index in [9.17, 15) is 19.5 Å². The standard InChI is InChI=1S/C39H73NO7/c1-6-8-10-12-14-16-17-18-19-20-22-23-25-27-29-37(41)46-34-35(33-45-32-31-36(39(43)44)40(3,4)5)47-38(42)30-28-26-24-21-15-13-11-9-7-2/h21,24,35-36H,6-20,22-23,25-34H2,1-5H3/b24-21+. The molecule has 0 N–H and O–H groups in total. The maximum absolute atomic E-state index is 12.6. The van der Waals surface area contributed by atoms with Gasteiger partial charge in [0.15, 0.2) is 6.10 Å². The van der Waals surface area contributed by atoms with Crippen molar-refractivity contribution in [1.82, 2.24) is 0 Å². The number of carbonyl (C=O) groups is 3. The molecule has 0 amide bonds. The molecule has 0 aliphatic heterocycles. The molecule has 0 heterocycles. The molecule has 0 saturated carbocycles. The number of quaternary nitrogens is 1. The van der Waals surface area contributed by atoms with Gasteiger partial charge >= 0.3 is 11.9 Å². The molecular weight excluding hydrogens is 594 g/mol. The normalized spacial score (nSPS) is 13.1. The summed E-state index contributed by atoms with van der Waals surface area (Å²) in [5.41, 5.74) is 0. The predicted octanol–water partition coefficient (Wildman–Crippen LogP) is 8.24. The number of rotatable bonds is 34. The fourth-order valence-electron chi connectivity index (χ4n) is 5.60. The van der Waals surface area contributed by atoms with Crippen LogP contribution in [0, 0.1) is 0 Å². The average Bonchev–Trinajstić information content (AvgIpc) is 3.01. The van der Waals surface area contributed by atoms with E-state index in [4.69, 9.17) is 14.2 Å². The minimum atomic E-state index is -1.13. The molecule has 2 unspecified atom stereocenters. The van der Waals surface area contributed by atoms with Gasteiger partial charge in [-0.25, -0.2) is 0 Å². The van der Waals surface area contributed by atoms with Gasteiger partial charge in [-0.2, -0.15) is 0 Å². The Morgan fingerprint density at radius 2 is 1.09 bits per heavy atom. The van der Waals surface area contributed by atoms with E-state index in [2.05, 4.69) is 26.0 Å². The smallest absolute Gasteiger partial charge is 0.306 e. The van der Waals surface area contributed by atoms with Crippen LogP contribution in [-0.4, -0.2) is 75.5 Å². The molecule has 0 aliphatic carbocycles. The average molecular weight is 668 g/mol. The van der Waals surface area contributed by atoms with Crippen LogP contribution in [0.2, 0.25) is 0 Å². The van der Waals surface area contributed by atoms with Crippen LogP contribution in [0.5, 0.6) is 0 Å². The van der Waals surface area contributed by atoms with Gasteiger partial charge in [0.05, 0.1) is 40.3 Å². The lowest BCUT2D eigenvalue weighted by atomic mass is 10.0. The summed E-state index contributed by atoms with van der Waals surface area (Å²) >= 11 is 0. The van der Waals surface area contributed by atoms with Crippen molar-refractivity contribution >= 4 is 17.9 Å². The van der Waals surface area contributed by atoms with Crippen molar-refractivity contribution in [2.75, 3.05) is 41.0 Å². The summed E-state index contributed by atoms with van der Waals surface area (Å²) in [6, 6.07) is -0.723. The second kappa shape index (κ2) is 31.3. The molecule has 276 valence electrons. The lowest BCUT2D eigenvalue weighted by Crippen LogP contribution is -2.55. The molecular formula is C39H73NO7. The number of hydrogen-bond donors (Lipinski definition) is 0. The van der Waals surface area contributed by atoms with E-state index >= 15 is 0 Å². The minimum Gasteiger partial charge on any atom is -0.544 e. The van der Waals surface area contributed by atoms with Gasteiger partial charge in [-0.05, 0) is 32.1 Å². The highest BCUT2D eigenvalue weighted by Crippen LogP contribution is 2.14. The van der Waals surface area contributed by atoms with Gasteiger partial charge in [-0.1, -0.05) is 129 Å². The zero-order valence-electron chi connectivity index (χ0n) is 31.2. The third kappa shape index (κ3) is 29.9. The first-order valence-corrected chi connectivity index (χ1v) is 19.2. The molecule has 0 aromatic carbocycles. The topological polar surface area (TPSA) is 102 Å². The summed E-state index contributed by atoms with van der Waals surface area (Å²) in [4.78, 5) is 36.5. The van der Waals surface area contributed by atoms with Crippen LogP contribution in [0.3, 0.4) is 0 Å². The number of unbranched alkanes of at least 4 members (excludes halogenated alkanes) is 18. The number of carboxylic acid groups (broad SMARTS) is 1. The number of likely N-dealkylation sites (N-methyl/N-ethyl adjacent to an activating group) is 1. The molecule has 0 aliphatic rings. The molecule has 8 heteroatoms. The number of carbonyl (C=O) groups excluding carboxylic acids is 3. The molecule has 0 rings (SSSR count). The quantitative estimate of drug-likeness (QED) is 0.0295. The van der Waals surface area contributed by atoms with Crippen molar-refractivity contribution in [2.24, 2.45) is 0 Å². The lowest BCUT2D eigenvalue weighted by Gasteiger charge is -2.34. The van der Waals surface area contributed by atoms with Crippen LogP contribution in [0.15, 0.2) is 12.2 Å². The Kier molecular flexibility index (Phi) is 30.1. The van der Waals surface area contributed by atoms with Gasteiger partial charge in [0, 0.05) is 19.3 Å². The molecule has 0 aromatic rings. The van der Waals surface area contributed by atoms with Crippen molar-refractivity contribution in [1.29, 1.82) is 0 Å². The fourth-order valence-corrected chi connectivity index (χ4v) is 5.60. The van der Waals surface area contributed by atoms with Gasteiger partial charge in [0.2, 0.25) is 0 Å². The fraction of sp³-hybridized carbons (Fsp3) is 0.872. The first kappa shape index (κ1) is 45.1. The van der Waals surface area contributed by atoms with Crippen LogP contribution in [0.25, 0.3) is 0 Å². The van der Waals surface area contributed by atoms with Crippen LogP contribution >= 0.6 is 0 Å². The van der Waals surface area contributed by atoms with Crippen molar-refractivity contribution in [3.8, 4) is 0 Å². The number of aliphatic carboxylic acids is 1. The lowest BCUT2D eigenvalue weighted by molar-refractivity contribution is -0.889. The largest absolute Gasteiger partial charge is 0.544 e. The highest BCUT2D eigenvalue weighted by Gasteiger charge is 2.25. The van der Waals surface area contributed by atoms with Crippen molar-refractivity contribution < 1.29 is 38.2 Å². The minimum absolute atomic E-state index is 0.0342. The number of esters is 2. The van der Waals surface area contributed by atoms with E-state index in [-0.39, 0.29) is 49.1 Å². The second-order valence-corrected chi connectivity index (χ2v) is 14.2. The number of nitrogens with zero attached hydrogens (tertiary/aromatic N) is 1. The SMILES string of the molecule is CCCCCC/C=C/CCCC(=O)OC(COCCC(C(=O)[O-])[N+](C)(C)C)COC(=O)CCCCCCCCCCCCCCCC. The highest BCUT2D eigenvalue weighted by molar-refractivity contribution is 5.70. The zero-order chi connectivity index (χ0) is 35.0. The summed E-state index contributed by atoms with van der Waals surface area (Å²) in [5.74, 6) is -1.77. The Morgan fingerprint density at radius 3 is 1.60 bits per heavy atom. The van der Waals surface area contributed by atoms with E-state index in [0.29, 0.717) is 12.8 Å². The predicted molar refractivity (Wildman–Crippen MR) is 190 cm³/mol. The van der Waals surface area contributed by atoms with E-state index in [1.54, 1.807) is 21.1 Å². The third-order valence-electron chi connectivity index (χ3n) is 8.65. The monoisotopic (exact) mass is 668 g/mol. The van der Waals surface area contributed by atoms with Gasteiger partial charge in [0.25, 0.3) is 0 Å². The van der Waals surface area contributed by atoms with Crippen molar-refractivity contribution in [2.45, 2.75) is 180 Å². The van der Waals surface area contributed by atoms with E-state index < -0.39 is 18.1 Å². The summed E-state index contributed by atoms with van der Waals surface area (Å²) in [5, 5.41) is 11.6. The van der Waals surface area contributed by atoms with Crippen molar-refractivity contribution in [3.05, 3.63) is 12.2 Å². The second-order valence-electron chi connectivity index (χ2n) is 14.2. The molecule has 0 bridgehead atoms. The van der Waals surface area contributed by atoms with E-state index in [0.717, 1.165) is 32.1 Å². The number of hydrogen-bond acceptors (Lipinski definition) is 7. The van der Waals surface area contributed by atoms with Gasteiger partial charge in [-0.15, -0.1) is 0 Å². The molecule has 8 nitrogen and oxygen atoms in total. The van der Waals surface area contributed by atoms with Crippen molar-refractivity contribution in [3.63, 3.8) is 0 Å². The summed E-state index contributed by atoms with van der Waals surface area (Å²) in [7, 11) is 5.39. The summed E-state index contributed by atoms with van der Waals surface area (Å²) in [6.07, 6.45) is 29.6. The van der Waals surface area contributed by atoms with E-state index in [1.807, 2.05) is 0 Å². The molecule has 47 heavy (non-hydrogen) atoms. The molecule has 0 spiro atoms. The Hall–Kier alpha value is -1.93. The van der Waals surface area contributed by atoms with Crippen LogP contribution in [-0.2, 0) is 28.6 Å². The van der Waals surface area contributed by atoms with Gasteiger partial charge in [0.1, 0.15) is 12.6 Å². The first-order valence-electron chi connectivity index (χ1n) is 19.2. The maximum Gasteiger partial charge on any atom is 0.306 e. The summed E-state index contributed by atoms with van der Waals surface area (Å²) < 4.78 is 17.0.